The van der Waals surface area contributed by atoms with E-state index in [0.29, 0.717) is 17.3 Å². The van der Waals surface area contributed by atoms with Crippen LogP contribution >= 0.6 is 27.5 Å². The van der Waals surface area contributed by atoms with Crippen molar-refractivity contribution in [3.8, 4) is 0 Å². The molecule has 2 heterocycles. The lowest BCUT2D eigenvalue weighted by molar-refractivity contribution is 0.0989. The molecule has 1 aromatic heterocycles. The molecule has 0 atom stereocenters. The third kappa shape index (κ3) is 2.62. The highest BCUT2D eigenvalue weighted by Gasteiger charge is 2.25. The molecule has 0 saturated carbocycles. The van der Waals surface area contributed by atoms with E-state index in [9.17, 15) is 4.79 Å². The average Bonchev–Trinajstić information content (AvgIpc) is 2.96. The second kappa shape index (κ2) is 5.62. The standard InChI is InChI=1S/C18H12BrClN2O/c19-14-3-5-16-12(10-14)7-8-22(16)18(23)13-1-4-15-11(9-13)2-6-17(20)21-15/h1-6,9-10H,7-8H2. The summed E-state index contributed by atoms with van der Waals surface area (Å²) in [5.74, 6) is 0.0166. The number of hydrogen-bond donors (Lipinski definition) is 0. The number of rotatable bonds is 1. The predicted octanol–water partition coefficient (Wildman–Crippen LogP) is 4.85. The molecule has 0 spiro atoms. The first-order valence-corrected chi connectivity index (χ1v) is 8.45. The molecule has 114 valence electrons. The molecule has 0 aliphatic carbocycles. The van der Waals surface area contributed by atoms with E-state index in [4.69, 9.17) is 11.6 Å². The van der Waals surface area contributed by atoms with Crippen molar-refractivity contribution in [2.45, 2.75) is 6.42 Å². The minimum absolute atomic E-state index is 0.0166. The van der Waals surface area contributed by atoms with Gasteiger partial charge in [-0.3, -0.25) is 4.79 Å². The summed E-state index contributed by atoms with van der Waals surface area (Å²) in [6, 6.07) is 15.2. The molecular weight excluding hydrogens is 376 g/mol. The first-order valence-electron chi connectivity index (χ1n) is 7.28. The van der Waals surface area contributed by atoms with Crippen molar-refractivity contribution < 1.29 is 4.79 Å². The van der Waals surface area contributed by atoms with Crippen LogP contribution in [0.3, 0.4) is 0 Å². The van der Waals surface area contributed by atoms with Gasteiger partial charge in [0.1, 0.15) is 5.15 Å². The summed E-state index contributed by atoms with van der Waals surface area (Å²) >= 11 is 9.38. The number of aromatic nitrogens is 1. The summed E-state index contributed by atoms with van der Waals surface area (Å²) in [7, 11) is 0. The number of halogens is 2. The van der Waals surface area contributed by atoms with E-state index in [1.54, 1.807) is 6.07 Å². The van der Waals surface area contributed by atoms with Gasteiger partial charge in [0.05, 0.1) is 5.52 Å². The van der Waals surface area contributed by atoms with E-state index in [2.05, 4.69) is 27.0 Å². The number of anilines is 1. The highest BCUT2D eigenvalue weighted by molar-refractivity contribution is 9.10. The number of fused-ring (bicyclic) bond motifs is 2. The summed E-state index contributed by atoms with van der Waals surface area (Å²) in [5.41, 5.74) is 3.65. The molecule has 0 unspecified atom stereocenters. The van der Waals surface area contributed by atoms with Gasteiger partial charge in [0, 0.05) is 27.7 Å². The first kappa shape index (κ1) is 14.7. The molecule has 4 rings (SSSR count). The molecule has 3 nitrogen and oxygen atoms in total. The third-order valence-electron chi connectivity index (χ3n) is 4.08. The Morgan fingerprint density at radius 1 is 1.13 bits per heavy atom. The molecule has 23 heavy (non-hydrogen) atoms. The van der Waals surface area contributed by atoms with Gasteiger partial charge in [-0.05, 0) is 60.5 Å². The van der Waals surface area contributed by atoms with Gasteiger partial charge in [-0.2, -0.15) is 0 Å². The lowest BCUT2D eigenvalue weighted by Crippen LogP contribution is -2.28. The molecule has 0 N–H and O–H groups in total. The smallest absolute Gasteiger partial charge is 0.258 e. The largest absolute Gasteiger partial charge is 0.308 e. The van der Waals surface area contributed by atoms with Crippen LogP contribution in [0, 0.1) is 0 Å². The zero-order chi connectivity index (χ0) is 16.0. The first-order chi connectivity index (χ1) is 11.1. The zero-order valence-corrected chi connectivity index (χ0v) is 14.4. The number of amides is 1. The van der Waals surface area contributed by atoms with Crippen LogP contribution in [0.2, 0.25) is 5.15 Å². The van der Waals surface area contributed by atoms with Gasteiger partial charge in [0.2, 0.25) is 0 Å². The summed E-state index contributed by atoms with van der Waals surface area (Å²) in [5, 5.41) is 1.37. The van der Waals surface area contributed by atoms with Crippen LogP contribution in [-0.2, 0) is 6.42 Å². The quantitative estimate of drug-likeness (QED) is 0.559. The van der Waals surface area contributed by atoms with Gasteiger partial charge in [0.15, 0.2) is 0 Å². The normalized spacial score (nSPS) is 13.4. The fourth-order valence-corrected chi connectivity index (χ4v) is 3.53. The molecule has 2 aromatic carbocycles. The Bertz CT molecular complexity index is 941. The molecule has 0 bridgehead atoms. The van der Waals surface area contributed by atoms with E-state index in [0.717, 1.165) is 27.5 Å². The van der Waals surface area contributed by atoms with Gasteiger partial charge < -0.3 is 4.90 Å². The lowest BCUT2D eigenvalue weighted by atomic mass is 10.1. The molecule has 5 heteroatoms. The van der Waals surface area contributed by atoms with Crippen LogP contribution in [0.4, 0.5) is 5.69 Å². The summed E-state index contributed by atoms with van der Waals surface area (Å²) in [6.45, 7) is 0.710. The Morgan fingerprint density at radius 2 is 2.00 bits per heavy atom. The summed E-state index contributed by atoms with van der Waals surface area (Å²) in [4.78, 5) is 19.0. The van der Waals surface area contributed by atoms with E-state index in [-0.39, 0.29) is 5.91 Å². The van der Waals surface area contributed by atoms with Crippen LogP contribution in [0.5, 0.6) is 0 Å². The Hall–Kier alpha value is -1.91. The van der Waals surface area contributed by atoms with Crippen molar-refractivity contribution in [2.24, 2.45) is 0 Å². The highest BCUT2D eigenvalue weighted by Crippen LogP contribution is 2.32. The molecular formula is C18H12BrClN2O. The fraction of sp³-hybridized carbons (Fsp3) is 0.111. The lowest BCUT2D eigenvalue weighted by Gasteiger charge is -2.17. The Kier molecular flexibility index (Phi) is 3.58. The molecule has 1 aliphatic rings. The Balaban J connectivity index is 1.72. The Morgan fingerprint density at radius 3 is 2.87 bits per heavy atom. The van der Waals surface area contributed by atoms with E-state index < -0.39 is 0 Å². The summed E-state index contributed by atoms with van der Waals surface area (Å²) < 4.78 is 1.04. The number of carbonyl (C=O) groups excluding carboxylic acids is 1. The maximum Gasteiger partial charge on any atom is 0.258 e. The predicted molar refractivity (Wildman–Crippen MR) is 96.3 cm³/mol. The van der Waals surface area contributed by atoms with Crippen molar-refractivity contribution in [3.63, 3.8) is 0 Å². The van der Waals surface area contributed by atoms with Crippen molar-refractivity contribution in [3.05, 3.63) is 69.3 Å². The number of hydrogen-bond acceptors (Lipinski definition) is 2. The van der Waals surface area contributed by atoms with Crippen LogP contribution < -0.4 is 4.90 Å². The topological polar surface area (TPSA) is 33.2 Å². The van der Waals surface area contributed by atoms with Crippen LogP contribution in [0.15, 0.2) is 53.0 Å². The molecule has 1 amide bonds. The minimum Gasteiger partial charge on any atom is -0.308 e. The van der Waals surface area contributed by atoms with E-state index >= 15 is 0 Å². The van der Waals surface area contributed by atoms with Crippen molar-refractivity contribution >= 4 is 50.0 Å². The maximum atomic E-state index is 12.9. The molecule has 0 fully saturated rings. The number of nitrogens with zero attached hydrogens (tertiary/aromatic N) is 2. The SMILES string of the molecule is O=C(c1ccc2nc(Cl)ccc2c1)N1CCc2cc(Br)ccc21. The zero-order valence-electron chi connectivity index (χ0n) is 12.1. The number of benzene rings is 2. The molecule has 1 aliphatic heterocycles. The van der Waals surface area contributed by atoms with Gasteiger partial charge in [0.25, 0.3) is 5.91 Å². The molecule has 0 radical (unpaired) electrons. The van der Waals surface area contributed by atoms with Gasteiger partial charge in [-0.15, -0.1) is 0 Å². The maximum absolute atomic E-state index is 12.9. The van der Waals surface area contributed by atoms with Crippen molar-refractivity contribution in [1.29, 1.82) is 0 Å². The van der Waals surface area contributed by atoms with E-state index in [1.807, 2.05) is 41.3 Å². The average molecular weight is 388 g/mol. The van der Waals surface area contributed by atoms with Crippen LogP contribution in [0.1, 0.15) is 15.9 Å². The number of pyridine rings is 1. The third-order valence-corrected chi connectivity index (χ3v) is 4.79. The fourth-order valence-electron chi connectivity index (χ4n) is 2.97. The Labute approximate surface area is 147 Å². The highest BCUT2D eigenvalue weighted by atomic mass is 79.9. The second-order valence-electron chi connectivity index (χ2n) is 5.52. The van der Waals surface area contributed by atoms with Gasteiger partial charge in [-0.1, -0.05) is 27.5 Å². The second-order valence-corrected chi connectivity index (χ2v) is 6.82. The van der Waals surface area contributed by atoms with Crippen LogP contribution in [0.25, 0.3) is 10.9 Å². The van der Waals surface area contributed by atoms with Crippen molar-refractivity contribution in [1.82, 2.24) is 4.98 Å². The monoisotopic (exact) mass is 386 g/mol. The molecule has 3 aromatic rings. The van der Waals surface area contributed by atoms with E-state index in [1.165, 1.54) is 5.56 Å². The minimum atomic E-state index is 0.0166. The molecule has 0 saturated heterocycles. The number of carbonyl (C=O) groups is 1. The van der Waals surface area contributed by atoms with Gasteiger partial charge >= 0.3 is 0 Å². The summed E-state index contributed by atoms with van der Waals surface area (Å²) in [6.07, 6.45) is 0.880. The van der Waals surface area contributed by atoms with Gasteiger partial charge in [-0.25, -0.2) is 4.98 Å². The van der Waals surface area contributed by atoms with Crippen LogP contribution in [-0.4, -0.2) is 17.4 Å². The van der Waals surface area contributed by atoms with Crippen molar-refractivity contribution in [2.75, 3.05) is 11.4 Å².